The predicted octanol–water partition coefficient (Wildman–Crippen LogP) is 2.24. The lowest BCUT2D eigenvalue weighted by atomic mass is 9.49. The molecular weight excluding hydrogens is 368 g/mol. The van der Waals surface area contributed by atoms with Crippen molar-refractivity contribution in [3.8, 4) is 5.69 Å². The Morgan fingerprint density at radius 1 is 1.14 bits per heavy atom. The van der Waals surface area contributed by atoms with E-state index in [-0.39, 0.29) is 23.8 Å². The summed E-state index contributed by atoms with van der Waals surface area (Å²) < 4.78 is 1.56. The molecule has 0 saturated heterocycles. The number of hydrogen-bond acceptors (Lipinski definition) is 5. The molecule has 6 rings (SSSR count). The minimum atomic E-state index is -0.230. The fourth-order valence-electron chi connectivity index (χ4n) is 6.15. The van der Waals surface area contributed by atoms with Gasteiger partial charge in [0.1, 0.15) is 6.33 Å². The highest BCUT2D eigenvalue weighted by Crippen LogP contribution is 2.60. The van der Waals surface area contributed by atoms with Gasteiger partial charge in [-0.05, 0) is 91.3 Å². The second-order valence-electron chi connectivity index (χ2n) is 9.18. The first-order valence-electron chi connectivity index (χ1n) is 10.4. The number of nitrogens with one attached hydrogen (secondary N) is 2. The van der Waals surface area contributed by atoms with Crippen molar-refractivity contribution < 1.29 is 9.59 Å². The van der Waals surface area contributed by atoms with Crippen LogP contribution in [0.1, 0.15) is 44.1 Å². The molecular formula is C21H26N6O2. The van der Waals surface area contributed by atoms with Crippen LogP contribution in [0.15, 0.2) is 24.5 Å². The summed E-state index contributed by atoms with van der Waals surface area (Å²) in [5.41, 5.74) is 2.21. The molecule has 1 heterocycles. The average Bonchev–Trinajstić information content (AvgIpc) is 3.21. The lowest BCUT2D eigenvalue weighted by Crippen LogP contribution is -2.54. The summed E-state index contributed by atoms with van der Waals surface area (Å²) in [6.45, 7) is 1.95. The van der Waals surface area contributed by atoms with E-state index in [1.54, 1.807) is 4.68 Å². The normalized spacial score (nSPS) is 29.6. The highest BCUT2D eigenvalue weighted by Gasteiger charge is 2.54. The van der Waals surface area contributed by atoms with Gasteiger partial charge in [0.2, 0.25) is 11.8 Å². The summed E-state index contributed by atoms with van der Waals surface area (Å²) >= 11 is 0. The number of aryl methyl sites for hydroxylation is 1. The molecule has 152 valence electrons. The van der Waals surface area contributed by atoms with Gasteiger partial charge < -0.3 is 10.6 Å². The fraction of sp³-hybridized carbons (Fsp3) is 0.571. The minimum Gasteiger partial charge on any atom is -0.347 e. The van der Waals surface area contributed by atoms with Crippen LogP contribution in [0.4, 0.5) is 5.69 Å². The molecule has 0 spiro atoms. The lowest BCUT2D eigenvalue weighted by molar-refractivity contribution is -0.146. The van der Waals surface area contributed by atoms with E-state index in [2.05, 4.69) is 26.2 Å². The summed E-state index contributed by atoms with van der Waals surface area (Å²) in [5.74, 6) is 1.97. The maximum atomic E-state index is 13.0. The third kappa shape index (κ3) is 3.41. The fourth-order valence-corrected chi connectivity index (χ4v) is 6.15. The van der Waals surface area contributed by atoms with E-state index in [9.17, 15) is 9.59 Å². The molecule has 2 N–H and O–H groups in total. The van der Waals surface area contributed by atoms with Crippen LogP contribution in [0.2, 0.25) is 0 Å². The van der Waals surface area contributed by atoms with Gasteiger partial charge in [0.25, 0.3) is 0 Å². The predicted molar refractivity (Wildman–Crippen MR) is 106 cm³/mol. The first-order chi connectivity index (χ1) is 14.0. The van der Waals surface area contributed by atoms with Gasteiger partial charge in [0.15, 0.2) is 0 Å². The quantitative estimate of drug-likeness (QED) is 0.810. The topological polar surface area (TPSA) is 102 Å². The van der Waals surface area contributed by atoms with Gasteiger partial charge in [0.05, 0.1) is 12.2 Å². The van der Waals surface area contributed by atoms with Crippen LogP contribution < -0.4 is 10.6 Å². The lowest BCUT2D eigenvalue weighted by Gasteiger charge is -2.55. The van der Waals surface area contributed by atoms with Crippen LogP contribution in [0.25, 0.3) is 5.69 Å². The molecule has 0 radical (unpaired) electrons. The molecule has 4 fully saturated rings. The number of anilines is 1. The monoisotopic (exact) mass is 394 g/mol. The summed E-state index contributed by atoms with van der Waals surface area (Å²) in [4.78, 5) is 25.4. The largest absolute Gasteiger partial charge is 0.347 e. The Morgan fingerprint density at radius 2 is 1.83 bits per heavy atom. The van der Waals surface area contributed by atoms with Gasteiger partial charge in [0, 0.05) is 11.1 Å². The number of rotatable bonds is 5. The maximum Gasteiger partial charge on any atom is 0.243 e. The van der Waals surface area contributed by atoms with Crippen LogP contribution in [-0.2, 0) is 9.59 Å². The molecule has 4 aliphatic carbocycles. The molecule has 4 bridgehead atoms. The Balaban J connectivity index is 1.21. The molecule has 29 heavy (non-hydrogen) atoms. The Morgan fingerprint density at radius 3 is 2.45 bits per heavy atom. The standard InChI is InChI=1S/C21H26N6O2/c1-13-2-3-17(7-18(13)27-12-23-25-26-27)24-19(28)11-22-20(29)21-8-14-4-15(9-21)6-16(5-14)10-21/h2-3,7,12,14-16H,4-6,8-11H2,1H3,(H,22,29)(H,24,28). The zero-order valence-electron chi connectivity index (χ0n) is 16.6. The van der Waals surface area contributed by atoms with Gasteiger partial charge in [-0.2, -0.15) is 0 Å². The first-order valence-corrected chi connectivity index (χ1v) is 10.4. The molecule has 4 aliphatic rings. The van der Waals surface area contributed by atoms with Crippen molar-refractivity contribution in [2.45, 2.75) is 45.4 Å². The van der Waals surface area contributed by atoms with E-state index in [1.165, 1.54) is 25.6 Å². The van der Waals surface area contributed by atoms with Gasteiger partial charge in [-0.1, -0.05) is 6.07 Å². The molecule has 8 heteroatoms. The molecule has 8 nitrogen and oxygen atoms in total. The van der Waals surface area contributed by atoms with E-state index in [0.717, 1.165) is 30.5 Å². The summed E-state index contributed by atoms with van der Waals surface area (Å²) in [5, 5.41) is 17.0. The molecule has 0 aliphatic heterocycles. The molecule has 1 aromatic carbocycles. The van der Waals surface area contributed by atoms with Crippen LogP contribution >= 0.6 is 0 Å². The number of carbonyl (C=O) groups excluding carboxylic acids is 2. The van der Waals surface area contributed by atoms with Gasteiger partial charge in [-0.25, -0.2) is 4.68 Å². The first kappa shape index (κ1) is 18.3. The molecule has 0 atom stereocenters. The molecule has 2 amide bonds. The molecule has 2 aromatic rings. The molecule has 1 aromatic heterocycles. The summed E-state index contributed by atoms with van der Waals surface area (Å²) in [7, 11) is 0. The van der Waals surface area contributed by atoms with Gasteiger partial charge in [-0.3, -0.25) is 9.59 Å². The highest BCUT2D eigenvalue weighted by atomic mass is 16.2. The van der Waals surface area contributed by atoms with Gasteiger partial charge in [-0.15, -0.1) is 5.10 Å². The number of hydrogen-bond donors (Lipinski definition) is 2. The van der Waals surface area contributed by atoms with E-state index >= 15 is 0 Å². The minimum absolute atomic E-state index is 0.00528. The maximum absolute atomic E-state index is 13.0. The van der Waals surface area contributed by atoms with Crippen molar-refractivity contribution in [1.82, 2.24) is 25.5 Å². The molecule has 0 unspecified atom stereocenters. The van der Waals surface area contributed by atoms with Crippen LogP contribution in [-0.4, -0.2) is 38.6 Å². The van der Waals surface area contributed by atoms with E-state index in [0.29, 0.717) is 23.4 Å². The van der Waals surface area contributed by atoms with E-state index in [4.69, 9.17) is 0 Å². The SMILES string of the molecule is Cc1ccc(NC(=O)CNC(=O)C23CC4CC(CC(C4)C2)C3)cc1-n1cnnn1. The van der Waals surface area contributed by atoms with E-state index < -0.39 is 0 Å². The van der Waals surface area contributed by atoms with Gasteiger partial charge >= 0.3 is 0 Å². The Hall–Kier alpha value is -2.77. The number of tetrazole rings is 1. The Bertz CT molecular complexity index is 903. The smallest absolute Gasteiger partial charge is 0.243 e. The van der Waals surface area contributed by atoms with Crippen molar-refractivity contribution >= 4 is 17.5 Å². The summed E-state index contributed by atoms with van der Waals surface area (Å²) in [6.07, 6.45) is 8.40. The van der Waals surface area contributed by atoms with Crippen molar-refractivity contribution in [1.29, 1.82) is 0 Å². The third-order valence-corrected chi connectivity index (χ3v) is 7.02. The number of amides is 2. The zero-order valence-corrected chi connectivity index (χ0v) is 16.6. The second-order valence-corrected chi connectivity index (χ2v) is 9.18. The van der Waals surface area contributed by atoms with E-state index in [1.807, 2.05) is 25.1 Å². The van der Waals surface area contributed by atoms with Crippen molar-refractivity contribution in [3.63, 3.8) is 0 Å². The van der Waals surface area contributed by atoms with Crippen LogP contribution in [0.5, 0.6) is 0 Å². The third-order valence-electron chi connectivity index (χ3n) is 7.02. The van der Waals surface area contributed by atoms with Crippen molar-refractivity contribution in [3.05, 3.63) is 30.1 Å². The number of carbonyl (C=O) groups is 2. The number of aromatic nitrogens is 4. The zero-order chi connectivity index (χ0) is 20.0. The van der Waals surface area contributed by atoms with Crippen LogP contribution in [0.3, 0.4) is 0 Å². The molecule has 4 saturated carbocycles. The average molecular weight is 394 g/mol. The highest BCUT2D eigenvalue weighted by molar-refractivity contribution is 5.95. The second kappa shape index (κ2) is 6.93. The number of nitrogens with zero attached hydrogens (tertiary/aromatic N) is 4. The van der Waals surface area contributed by atoms with Crippen molar-refractivity contribution in [2.24, 2.45) is 23.2 Å². The van der Waals surface area contributed by atoms with Crippen LogP contribution in [0, 0.1) is 30.1 Å². The Kier molecular flexibility index (Phi) is 4.37. The Labute approximate surface area is 169 Å². The number of benzene rings is 1. The van der Waals surface area contributed by atoms with Crippen molar-refractivity contribution in [2.75, 3.05) is 11.9 Å². The summed E-state index contributed by atoms with van der Waals surface area (Å²) in [6, 6.07) is 5.56.